The number of rotatable bonds is 12. The van der Waals surface area contributed by atoms with Gasteiger partial charge in [-0.15, -0.1) is 0 Å². The van der Waals surface area contributed by atoms with Crippen LogP contribution in [0.2, 0.25) is 0 Å². The lowest BCUT2D eigenvalue weighted by molar-refractivity contribution is -0.108. The van der Waals surface area contributed by atoms with Gasteiger partial charge in [0, 0.05) is 60.4 Å². The molecule has 0 aromatic heterocycles. The van der Waals surface area contributed by atoms with Gasteiger partial charge in [-0.25, -0.2) is 4.90 Å². The van der Waals surface area contributed by atoms with Gasteiger partial charge in [0.05, 0.1) is 16.8 Å². The molecule has 1 aliphatic heterocycles. The number of hydrogen-bond acceptors (Lipinski definition) is 6. The van der Waals surface area contributed by atoms with Crippen LogP contribution in [0.5, 0.6) is 23.0 Å². The number of anilines is 1. The topological polar surface area (TPSA) is 90.0 Å². The van der Waals surface area contributed by atoms with E-state index in [-0.39, 0.29) is 34.2 Å². The molecule has 0 radical (unpaired) electrons. The van der Waals surface area contributed by atoms with E-state index in [4.69, 9.17) is 9.47 Å². The quantitative estimate of drug-likeness (QED) is 0.0688. The molecule has 1 heterocycles. The molecule has 0 atom stereocenters. The second-order valence-electron chi connectivity index (χ2n) is 31.8. The minimum atomic E-state index is -0.432. The van der Waals surface area contributed by atoms with Gasteiger partial charge in [-0.05, 0) is 186 Å². The summed E-state index contributed by atoms with van der Waals surface area (Å²) >= 11 is 0. The summed E-state index contributed by atoms with van der Waals surface area (Å²) in [5.74, 6) is 1.11. The third-order valence-electron chi connectivity index (χ3n) is 22.8. The van der Waals surface area contributed by atoms with Crippen LogP contribution >= 0.6 is 0 Å². The fraction of sp³-hybridized carbons (Fsp3) is 0.140. The van der Waals surface area contributed by atoms with Crippen LogP contribution in [0.1, 0.15) is 162 Å². The van der Waals surface area contributed by atoms with Crippen molar-refractivity contribution in [3.63, 3.8) is 0 Å². The van der Waals surface area contributed by atoms with Gasteiger partial charge >= 0.3 is 0 Å². The van der Waals surface area contributed by atoms with Crippen molar-refractivity contribution in [1.29, 1.82) is 0 Å². The minimum Gasteiger partial charge on any atom is -0.457 e. The van der Waals surface area contributed by atoms with Crippen LogP contribution in [0.4, 0.5) is 5.69 Å². The number of carbonyl (C=O) groups is 4. The summed E-state index contributed by atoms with van der Waals surface area (Å²) in [6.07, 6.45) is 0. The number of benzene rings is 16. The highest BCUT2D eigenvalue weighted by atomic mass is 16.5. The first-order valence-corrected chi connectivity index (χ1v) is 37.2. The molecule has 516 valence electrons. The standard InChI is InChI=1S/C100H75NO6/c1-54(2)65-31-22-32-66(55(3)4)94(65)101-97(104)77-52-79(106-63-41-37-61(38-42-63)99(5,6)7)90-72-47-45-68-69-46-50-74-88-76(67-29-20-21-30-70(67)95(74)102)51-75(56-33-35-60(36-34-56)82-81(57-23-14-11-15-24-57)83(58-25-16-12-17-26-58)96(103)84(82)59-27-18-13-19-28-59)87(92(69)88)71-48-49-73(86(72)85(68)71)91-80(53-78(98(101)105)89(77)93(90)91)107-64-43-39-62(40-44-64)100(8,9)10/h11-55H,1-10H3. The predicted molar refractivity (Wildman–Crippen MR) is 440 cm³/mol. The highest BCUT2D eigenvalue weighted by Gasteiger charge is 2.42. The summed E-state index contributed by atoms with van der Waals surface area (Å²) < 4.78 is 14.8. The molecule has 7 heteroatoms. The number of imide groups is 1. The number of hydrogen-bond donors (Lipinski definition) is 0. The number of allylic oxidation sites excluding steroid dienone is 4. The predicted octanol–water partition coefficient (Wildman–Crippen LogP) is 25.8. The van der Waals surface area contributed by atoms with Gasteiger partial charge in [-0.3, -0.25) is 19.2 Å². The van der Waals surface area contributed by atoms with Crippen molar-refractivity contribution in [2.45, 2.75) is 91.9 Å². The van der Waals surface area contributed by atoms with Crippen molar-refractivity contribution in [1.82, 2.24) is 0 Å². The fourth-order valence-corrected chi connectivity index (χ4v) is 17.7. The van der Waals surface area contributed by atoms with Crippen molar-refractivity contribution in [3.8, 4) is 45.3 Å². The van der Waals surface area contributed by atoms with E-state index >= 15 is 19.2 Å². The summed E-state index contributed by atoms with van der Waals surface area (Å²) in [6, 6.07) is 88.7. The Kier molecular flexibility index (Phi) is 14.6. The molecule has 0 fully saturated rings. The Hall–Kier alpha value is -12.6. The zero-order valence-corrected chi connectivity index (χ0v) is 61.4. The maximum absolute atomic E-state index is 16.3. The molecular weight excluding hydrogens is 1310 g/mol. The third kappa shape index (κ3) is 9.86. The van der Waals surface area contributed by atoms with E-state index in [1.807, 2.05) is 158 Å². The molecular formula is C100H75NO6. The first-order chi connectivity index (χ1) is 51.7. The zero-order valence-electron chi connectivity index (χ0n) is 61.4. The first kappa shape index (κ1) is 65.2. The highest BCUT2D eigenvalue weighted by molar-refractivity contribution is 6.59. The van der Waals surface area contributed by atoms with E-state index in [2.05, 4.69) is 172 Å². The van der Waals surface area contributed by atoms with Crippen LogP contribution in [0.25, 0.3) is 120 Å². The first-order valence-electron chi connectivity index (χ1n) is 37.2. The molecule has 0 unspecified atom stereocenters. The fourth-order valence-electron chi connectivity index (χ4n) is 17.7. The molecule has 2 aliphatic carbocycles. The number of para-hydroxylation sites is 1. The van der Waals surface area contributed by atoms with E-state index in [1.165, 1.54) is 4.90 Å². The van der Waals surface area contributed by atoms with Gasteiger partial charge in [-0.2, -0.15) is 0 Å². The Bertz CT molecular complexity index is 6420. The van der Waals surface area contributed by atoms with Gasteiger partial charge in [-0.1, -0.05) is 282 Å². The monoisotopic (exact) mass is 1390 g/mol. The molecule has 0 spiro atoms. The number of fused-ring (bicyclic) bond motifs is 6. The average Bonchev–Trinajstić information content (AvgIpc) is 0.815. The summed E-state index contributed by atoms with van der Waals surface area (Å²) in [5, 5.41) is 12.2. The van der Waals surface area contributed by atoms with Crippen LogP contribution in [-0.4, -0.2) is 23.4 Å². The van der Waals surface area contributed by atoms with Crippen molar-refractivity contribution in [2.24, 2.45) is 0 Å². The summed E-state index contributed by atoms with van der Waals surface area (Å²) in [5.41, 5.74) is 16.7. The van der Waals surface area contributed by atoms with Crippen LogP contribution in [0.3, 0.4) is 0 Å². The van der Waals surface area contributed by atoms with Crippen molar-refractivity contribution >= 4 is 127 Å². The SMILES string of the molecule is CC(C)c1cccc(C(C)C)c1N1C(=O)c2cc(Oc3ccc(C(C)(C)C)cc3)c3c4ccc5c6ccc7c8c(cc(-c9ccc(C%10=C(c%11ccccc%11)C(=O)C(c%11ccccc%11)=C%10c%10ccccc%10)cc9)c(c9ccc(c%10c(Oc%11ccc(C(C)(C)C)cc%11)cc(c2c3%10)C1=O)c4c59)c86)-c1ccccc1C7=O. The number of ketones is 2. The maximum atomic E-state index is 16.3. The Morgan fingerprint density at radius 2 is 0.682 bits per heavy atom. The summed E-state index contributed by atoms with van der Waals surface area (Å²) in [7, 11) is 0. The molecule has 107 heavy (non-hydrogen) atoms. The van der Waals surface area contributed by atoms with Crippen LogP contribution < -0.4 is 14.4 Å². The van der Waals surface area contributed by atoms with Gasteiger partial charge in [0.15, 0.2) is 11.6 Å². The van der Waals surface area contributed by atoms with E-state index in [0.717, 1.165) is 143 Å². The van der Waals surface area contributed by atoms with E-state index in [0.29, 0.717) is 72.9 Å². The summed E-state index contributed by atoms with van der Waals surface area (Å²) in [4.78, 5) is 64.7. The minimum absolute atomic E-state index is 0.0215. The second kappa shape index (κ2) is 24.0. The number of ether oxygens (including phenoxy) is 2. The molecule has 0 bridgehead atoms. The van der Waals surface area contributed by atoms with Gasteiger partial charge in [0.25, 0.3) is 11.8 Å². The van der Waals surface area contributed by atoms with Crippen molar-refractivity contribution in [3.05, 3.63) is 328 Å². The molecule has 0 saturated carbocycles. The van der Waals surface area contributed by atoms with Gasteiger partial charge < -0.3 is 9.47 Å². The number of nitrogens with zero attached hydrogens (tertiary/aromatic N) is 1. The third-order valence-corrected chi connectivity index (χ3v) is 22.8. The largest absolute Gasteiger partial charge is 0.457 e. The molecule has 0 N–H and O–H groups in total. The second-order valence-corrected chi connectivity index (χ2v) is 31.8. The molecule has 16 aromatic carbocycles. The maximum Gasteiger partial charge on any atom is 0.266 e. The Balaban J connectivity index is 0.924. The molecule has 19 rings (SSSR count). The van der Waals surface area contributed by atoms with Gasteiger partial charge in [0.2, 0.25) is 0 Å². The summed E-state index contributed by atoms with van der Waals surface area (Å²) in [6.45, 7) is 21.6. The van der Waals surface area contributed by atoms with E-state index < -0.39 is 11.8 Å². The molecule has 7 nitrogen and oxygen atoms in total. The number of amides is 2. The number of Topliss-reactive ketones (excluding diaryl/α,β-unsaturated/α-hetero) is 1. The van der Waals surface area contributed by atoms with Crippen LogP contribution in [-0.2, 0) is 15.6 Å². The molecule has 0 saturated heterocycles. The lowest BCUT2D eigenvalue weighted by Gasteiger charge is -2.33. The average molecular weight is 1390 g/mol. The van der Waals surface area contributed by atoms with Gasteiger partial charge in [0.1, 0.15) is 23.0 Å². The lowest BCUT2D eigenvalue weighted by Crippen LogP contribution is -2.42. The highest BCUT2D eigenvalue weighted by Crippen LogP contribution is 2.58. The number of carbonyl (C=O) groups excluding carboxylic acids is 4. The smallest absolute Gasteiger partial charge is 0.266 e. The van der Waals surface area contributed by atoms with E-state index in [9.17, 15) is 0 Å². The zero-order chi connectivity index (χ0) is 73.4. The normalized spacial score (nSPS) is 14.0. The Labute approximate surface area is 621 Å². The van der Waals surface area contributed by atoms with Crippen LogP contribution in [0.15, 0.2) is 261 Å². The Morgan fingerprint density at radius 3 is 1.17 bits per heavy atom. The van der Waals surface area contributed by atoms with Crippen molar-refractivity contribution in [2.75, 3.05) is 4.90 Å². The lowest BCUT2D eigenvalue weighted by atomic mass is 9.76. The molecule has 3 aliphatic rings. The molecule has 16 aromatic rings. The Morgan fingerprint density at radius 1 is 0.280 bits per heavy atom. The van der Waals surface area contributed by atoms with Crippen molar-refractivity contribution < 1.29 is 28.7 Å². The van der Waals surface area contributed by atoms with E-state index in [1.54, 1.807) is 0 Å². The van der Waals surface area contributed by atoms with Crippen LogP contribution in [0, 0.1) is 0 Å². The molecule has 2 amide bonds.